The molecule has 0 fully saturated rings. The van der Waals surface area contributed by atoms with Crippen molar-refractivity contribution in [3.63, 3.8) is 0 Å². The van der Waals surface area contributed by atoms with Crippen LogP contribution in [-0.4, -0.2) is 11.5 Å². The Kier molecular flexibility index (Phi) is 2.70. The highest BCUT2D eigenvalue weighted by Gasteiger charge is 2.00. The van der Waals surface area contributed by atoms with Gasteiger partial charge in [-0.2, -0.15) is 0 Å². The lowest BCUT2D eigenvalue weighted by Crippen LogP contribution is -1.86. The number of aromatic nitrogens is 1. The van der Waals surface area contributed by atoms with Gasteiger partial charge in [-0.25, -0.2) is 0 Å². The number of allylic oxidation sites excluding steroid dienone is 1. The summed E-state index contributed by atoms with van der Waals surface area (Å²) in [6.45, 7) is 5.66. The Morgan fingerprint density at radius 3 is 2.81 bits per heavy atom. The van der Waals surface area contributed by atoms with Gasteiger partial charge in [-0.05, 0) is 24.6 Å². The molecule has 0 N–H and O–H groups in total. The van der Waals surface area contributed by atoms with E-state index in [-0.39, 0.29) is 0 Å². The maximum absolute atomic E-state index is 5.19. The minimum atomic E-state index is 0.838. The van der Waals surface area contributed by atoms with Gasteiger partial charge in [0.15, 0.2) is 0 Å². The van der Waals surface area contributed by atoms with Gasteiger partial charge in [0, 0.05) is 18.5 Å². The molecule has 0 aromatic carbocycles. The molecule has 2 rings (SSSR count). The quantitative estimate of drug-likeness (QED) is 0.661. The van der Waals surface area contributed by atoms with Crippen LogP contribution in [-0.2, 0) is 0 Å². The van der Waals surface area contributed by atoms with Crippen molar-refractivity contribution in [1.82, 2.24) is 4.40 Å². The smallest absolute Gasteiger partial charge is 0.122 e. The first kappa shape index (κ1) is 10.4. The second kappa shape index (κ2) is 4.16. The van der Waals surface area contributed by atoms with Crippen LogP contribution in [0, 0.1) is 11.8 Å². The van der Waals surface area contributed by atoms with Crippen molar-refractivity contribution in [2.75, 3.05) is 7.11 Å². The first-order valence-corrected chi connectivity index (χ1v) is 5.03. The van der Waals surface area contributed by atoms with Gasteiger partial charge < -0.3 is 9.14 Å². The van der Waals surface area contributed by atoms with E-state index < -0.39 is 0 Å². The van der Waals surface area contributed by atoms with E-state index in [9.17, 15) is 0 Å². The molecule has 0 radical (unpaired) electrons. The summed E-state index contributed by atoms with van der Waals surface area (Å²) in [5.74, 6) is 6.91. The summed E-state index contributed by atoms with van der Waals surface area (Å²) in [5.41, 5.74) is 2.90. The van der Waals surface area contributed by atoms with Gasteiger partial charge in [-0.1, -0.05) is 18.4 Å². The minimum Gasteiger partial charge on any atom is -0.497 e. The second-order valence-corrected chi connectivity index (χ2v) is 3.62. The number of methoxy groups -OCH3 is 1. The fourth-order valence-corrected chi connectivity index (χ4v) is 1.49. The standard InChI is InChI=1S/C14H13NO/c1-11(2)4-5-12-6-8-15-9-7-13(16-3)10-14(12)15/h6-10H,1H2,2-3H3. The largest absolute Gasteiger partial charge is 0.497 e. The molecular formula is C14H13NO. The fraction of sp³-hybridized carbons (Fsp3) is 0.143. The third kappa shape index (κ3) is 1.94. The zero-order chi connectivity index (χ0) is 11.5. The Morgan fingerprint density at radius 2 is 2.12 bits per heavy atom. The van der Waals surface area contributed by atoms with Gasteiger partial charge >= 0.3 is 0 Å². The summed E-state index contributed by atoms with van der Waals surface area (Å²) >= 11 is 0. The van der Waals surface area contributed by atoms with Crippen LogP contribution in [0.1, 0.15) is 12.5 Å². The van der Waals surface area contributed by atoms with Gasteiger partial charge in [0.25, 0.3) is 0 Å². The van der Waals surface area contributed by atoms with E-state index in [0.717, 1.165) is 22.4 Å². The maximum atomic E-state index is 5.19. The van der Waals surface area contributed by atoms with E-state index in [0.29, 0.717) is 0 Å². The molecule has 0 aliphatic heterocycles. The number of hydrogen-bond donors (Lipinski definition) is 0. The van der Waals surface area contributed by atoms with Crippen molar-refractivity contribution in [1.29, 1.82) is 0 Å². The van der Waals surface area contributed by atoms with E-state index in [1.54, 1.807) is 7.11 Å². The normalized spacial score (nSPS) is 9.62. The molecule has 0 aliphatic rings. The number of nitrogens with zero attached hydrogens (tertiary/aromatic N) is 1. The van der Waals surface area contributed by atoms with Crippen LogP contribution >= 0.6 is 0 Å². The number of fused-ring (bicyclic) bond motifs is 1. The molecule has 0 unspecified atom stereocenters. The zero-order valence-corrected chi connectivity index (χ0v) is 9.45. The lowest BCUT2D eigenvalue weighted by Gasteiger charge is -2.00. The van der Waals surface area contributed by atoms with E-state index in [1.807, 2.05) is 41.9 Å². The van der Waals surface area contributed by atoms with Crippen molar-refractivity contribution < 1.29 is 4.74 Å². The Bertz CT molecular complexity index is 596. The monoisotopic (exact) mass is 211 g/mol. The Labute approximate surface area is 95.2 Å². The summed E-state index contributed by atoms with van der Waals surface area (Å²) in [5, 5.41) is 0. The highest BCUT2D eigenvalue weighted by Crippen LogP contribution is 2.18. The lowest BCUT2D eigenvalue weighted by atomic mass is 10.2. The summed E-state index contributed by atoms with van der Waals surface area (Å²) in [6.07, 6.45) is 3.94. The van der Waals surface area contributed by atoms with Crippen molar-refractivity contribution in [3.05, 3.63) is 48.3 Å². The molecule has 2 heterocycles. The molecule has 2 aromatic rings. The molecule has 0 amide bonds. The first-order chi connectivity index (χ1) is 7.70. The number of ether oxygens (including phenoxy) is 1. The van der Waals surface area contributed by atoms with Gasteiger partial charge in [-0.15, -0.1) is 0 Å². The van der Waals surface area contributed by atoms with Crippen LogP contribution in [0.3, 0.4) is 0 Å². The van der Waals surface area contributed by atoms with E-state index >= 15 is 0 Å². The first-order valence-electron chi connectivity index (χ1n) is 5.03. The van der Waals surface area contributed by atoms with Gasteiger partial charge in [0.1, 0.15) is 5.75 Å². The van der Waals surface area contributed by atoms with Crippen LogP contribution in [0.5, 0.6) is 5.75 Å². The van der Waals surface area contributed by atoms with E-state index in [1.165, 1.54) is 0 Å². The Balaban J connectivity index is 2.55. The van der Waals surface area contributed by atoms with E-state index in [2.05, 4.69) is 18.4 Å². The highest BCUT2D eigenvalue weighted by atomic mass is 16.5. The van der Waals surface area contributed by atoms with Crippen LogP contribution in [0.15, 0.2) is 42.7 Å². The average molecular weight is 211 g/mol. The highest BCUT2D eigenvalue weighted by molar-refractivity contribution is 5.65. The molecule has 0 spiro atoms. The fourth-order valence-electron chi connectivity index (χ4n) is 1.49. The Hall–Kier alpha value is -2.14. The van der Waals surface area contributed by atoms with Crippen molar-refractivity contribution in [2.45, 2.75) is 6.92 Å². The van der Waals surface area contributed by atoms with Crippen LogP contribution in [0.4, 0.5) is 0 Å². The summed E-state index contributed by atoms with van der Waals surface area (Å²) in [7, 11) is 1.66. The predicted molar refractivity (Wildman–Crippen MR) is 65.6 cm³/mol. The van der Waals surface area contributed by atoms with Gasteiger partial charge in [0.05, 0.1) is 18.2 Å². The lowest BCUT2D eigenvalue weighted by molar-refractivity contribution is 0.414. The van der Waals surface area contributed by atoms with Crippen molar-refractivity contribution in [2.24, 2.45) is 0 Å². The minimum absolute atomic E-state index is 0.838. The molecule has 0 bridgehead atoms. The molecule has 2 aromatic heterocycles. The SMILES string of the molecule is C=C(C)C#Cc1ccn2ccc(OC)cc12. The van der Waals surface area contributed by atoms with Crippen molar-refractivity contribution in [3.8, 4) is 17.6 Å². The van der Waals surface area contributed by atoms with E-state index in [4.69, 9.17) is 4.74 Å². The number of rotatable bonds is 1. The molecule has 2 heteroatoms. The molecule has 0 atom stereocenters. The third-order valence-corrected chi connectivity index (χ3v) is 2.28. The topological polar surface area (TPSA) is 13.6 Å². The second-order valence-electron chi connectivity index (χ2n) is 3.62. The van der Waals surface area contributed by atoms with Gasteiger partial charge in [-0.3, -0.25) is 0 Å². The zero-order valence-electron chi connectivity index (χ0n) is 9.45. The summed E-state index contributed by atoms with van der Waals surface area (Å²) in [4.78, 5) is 0. The molecule has 2 nitrogen and oxygen atoms in total. The average Bonchev–Trinajstić information content (AvgIpc) is 2.68. The molecule has 0 aliphatic carbocycles. The molecule has 0 saturated heterocycles. The summed E-state index contributed by atoms with van der Waals surface area (Å²) in [6, 6.07) is 5.89. The molecule has 80 valence electrons. The number of hydrogen-bond acceptors (Lipinski definition) is 1. The number of pyridine rings is 1. The summed E-state index contributed by atoms with van der Waals surface area (Å²) < 4.78 is 7.21. The maximum Gasteiger partial charge on any atom is 0.122 e. The van der Waals surface area contributed by atoms with Crippen molar-refractivity contribution >= 4 is 5.52 Å². The predicted octanol–water partition coefficient (Wildman–Crippen LogP) is 2.88. The molecular weight excluding hydrogens is 198 g/mol. The van der Waals surface area contributed by atoms with Gasteiger partial charge in [0.2, 0.25) is 0 Å². The third-order valence-electron chi connectivity index (χ3n) is 2.28. The van der Waals surface area contributed by atoms with Crippen LogP contribution in [0.25, 0.3) is 5.52 Å². The van der Waals surface area contributed by atoms with Crippen LogP contribution in [0.2, 0.25) is 0 Å². The molecule has 16 heavy (non-hydrogen) atoms. The molecule has 0 saturated carbocycles. The Morgan fingerprint density at radius 1 is 1.38 bits per heavy atom. The van der Waals surface area contributed by atoms with Crippen LogP contribution < -0.4 is 4.74 Å².